The Balaban J connectivity index is 2.03. The van der Waals surface area contributed by atoms with E-state index in [1.807, 2.05) is 11.8 Å². The standard InChI is InChI=1S/C14H22N2O3/c1-11-5-3-7-15(9-11)13(19)16-8-4-6-14(2,10-16)12(17)18/h5H,3-4,6-10H2,1-2H3,(H,17,18). The summed E-state index contributed by atoms with van der Waals surface area (Å²) in [5.41, 5.74) is 0.409. The molecule has 2 aliphatic rings. The molecule has 106 valence electrons. The first-order chi connectivity index (χ1) is 8.92. The molecule has 1 atom stereocenters. The van der Waals surface area contributed by atoms with Gasteiger partial charge in [0, 0.05) is 26.2 Å². The van der Waals surface area contributed by atoms with Crippen molar-refractivity contribution in [2.24, 2.45) is 5.41 Å². The minimum absolute atomic E-state index is 0.0142. The number of amides is 2. The Morgan fingerprint density at radius 1 is 1.32 bits per heavy atom. The molecule has 2 amide bonds. The smallest absolute Gasteiger partial charge is 0.320 e. The van der Waals surface area contributed by atoms with Crippen LogP contribution in [-0.2, 0) is 4.79 Å². The van der Waals surface area contributed by atoms with Crippen molar-refractivity contribution in [3.63, 3.8) is 0 Å². The van der Waals surface area contributed by atoms with Crippen molar-refractivity contribution >= 4 is 12.0 Å². The number of nitrogens with zero attached hydrogens (tertiary/aromatic N) is 2. The number of urea groups is 1. The van der Waals surface area contributed by atoms with E-state index < -0.39 is 11.4 Å². The number of hydrogen-bond acceptors (Lipinski definition) is 2. The molecule has 0 aromatic heterocycles. The molecule has 2 rings (SSSR count). The highest BCUT2D eigenvalue weighted by molar-refractivity contribution is 5.78. The Hall–Kier alpha value is -1.52. The Bertz CT molecular complexity index is 419. The zero-order chi connectivity index (χ0) is 14.0. The predicted molar refractivity (Wildman–Crippen MR) is 71.9 cm³/mol. The Morgan fingerprint density at radius 2 is 2.05 bits per heavy atom. The molecule has 1 saturated heterocycles. The average molecular weight is 266 g/mol. The number of rotatable bonds is 1. The molecule has 0 bridgehead atoms. The van der Waals surface area contributed by atoms with Gasteiger partial charge in [-0.05, 0) is 33.1 Å². The second-order valence-electron chi connectivity index (χ2n) is 5.93. The van der Waals surface area contributed by atoms with Crippen LogP contribution in [0.25, 0.3) is 0 Å². The normalized spacial score (nSPS) is 28.0. The molecule has 2 aliphatic heterocycles. The van der Waals surface area contributed by atoms with Crippen molar-refractivity contribution in [1.29, 1.82) is 0 Å². The maximum Gasteiger partial charge on any atom is 0.320 e. The third-order valence-corrected chi connectivity index (χ3v) is 4.09. The van der Waals surface area contributed by atoms with Gasteiger partial charge in [0.25, 0.3) is 0 Å². The SMILES string of the molecule is CC1=CCCN(C(=O)N2CCCC(C)(C(=O)O)C2)C1. The van der Waals surface area contributed by atoms with E-state index in [0.29, 0.717) is 26.1 Å². The van der Waals surface area contributed by atoms with Gasteiger partial charge in [-0.25, -0.2) is 4.79 Å². The molecule has 5 heteroatoms. The van der Waals surface area contributed by atoms with Gasteiger partial charge in [0.05, 0.1) is 5.41 Å². The lowest BCUT2D eigenvalue weighted by Crippen LogP contribution is -2.53. The van der Waals surface area contributed by atoms with Crippen LogP contribution in [0, 0.1) is 5.41 Å². The van der Waals surface area contributed by atoms with Crippen molar-refractivity contribution < 1.29 is 14.7 Å². The molecule has 0 spiro atoms. The highest BCUT2D eigenvalue weighted by Gasteiger charge is 2.40. The molecule has 0 aromatic rings. The van der Waals surface area contributed by atoms with Gasteiger partial charge in [0.15, 0.2) is 0 Å². The third-order valence-electron chi connectivity index (χ3n) is 4.09. The van der Waals surface area contributed by atoms with Crippen LogP contribution in [0.3, 0.4) is 0 Å². The summed E-state index contributed by atoms with van der Waals surface area (Å²) >= 11 is 0. The minimum atomic E-state index is -0.806. The summed E-state index contributed by atoms with van der Waals surface area (Å²) in [4.78, 5) is 27.3. The Kier molecular flexibility index (Phi) is 3.83. The van der Waals surface area contributed by atoms with Gasteiger partial charge < -0.3 is 14.9 Å². The zero-order valence-corrected chi connectivity index (χ0v) is 11.7. The molecule has 0 aliphatic carbocycles. The average Bonchev–Trinajstić information content (AvgIpc) is 2.38. The quantitative estimate of drug-likeness (QED) is 0.738. The van der Waals surface area contributed by atoms with Crippen LogP contribution < -0.4 is 0 Å². The van der Waals surface area contributed by atoms with Crippen LogP contribution in [0.15, 0.2) is 11.6 Å². The first-order valence-corrected chi connectivity index (χ1v) is 6.85. The molecule has 2 heterocycles. The molecule has 5 nitrogen and oxygen atoms in total. The van der Waals surface area contributed by atoms with Crippen LogP contribution in [-0.4, -0.2) is 53.1 Å². The van der Waals surface area contributed by atoms with E-state index in [1.54, 1.807) is 11.8 Å². The lowest BCUT2D eigenvalue weighted by Gasteiger charge is -2.40. The molecule has 1 unspecified atom stereocenters. The first kappa shape index (κ1) is 13.9. The van der Waals surface area contributed by atoms with Gasteiger partial charge >= 0.3 is 12.0 Å². The van der Waals surface area contributed by atoms with E-state index >= 15 is 0 Å². The fourth-order valence-corrected chi connectivity index (χ4v) is 2.85. The van der Waals surface area contributed by atoms with Crippen molar-refractivity contribution in [3.05, 3.63) is 11.6 Å². The zero-order valence-electron chi connectivity index (χ0n) is 11.7. The molecule has 1 fully saturated rings. The monoisotopic (exact) mass is 266 g/mol. The fraction of sp³-hybridized carbons (Fsp3) is 0.714. The summed E-state index contributed by atoms with van der Waals surface area (Å²) in [6.45, 7) is 6.14. The van der Waals surface area contributed by atoms with Crippen LogP contribution in [0.5, 0.6) is 0 Å². The van der Waals surface area contributed by atoms with Crippen molar-refractivity contribution in [2.45, 2.75) is 33.1 Å². The van der Waals surface area contributed by atoms with E-state index in [2.05, 4.69) is 6.08 Å². The molecular formula is C14H22N2O3. The molecule has 0 saturated carbocycles. The fourth-order valence-electron chi connectivity index (χ4n) is 2.85. The van der Waals surface area contributed by atoms with Gasteiger partial charge in [-0.15, -0.1) is 0 Å². The Morgan fingerprint density at radius 3 is 2.68 bits per heavy atom. The summed E-state index contributed by atoms with van der Waals surface area (Å²) in [5.74, 6) is -0.806. The largest absolute Gasteiger partial charge is 0.481 e. The van der Waals surface area contributed by atoms with Crippen LogP contribution in [0.1, 0.15) is 33.1 Å². The maximum absolute atomic E-state index is 12.4. The number of carboxylic acids is 1. The summed E-state index contributed by atoms with van der Waals surface area (Å²) in [5, 5.41) is 9.29. The number of carbonyl (C=O) groups excluding carboxylic acids is 1. The second-order valence-corrected chi connectivity index (χ2v) is 5.93. The number of carbonyl (C=O) groups is 2. The number of carboxylic acid groups (broad SMARTS) is 1. The third kappa shape index (κ3) is 2.91. The van der Waals surface area contributed by atoms with E-state index in [4.69, 9.17) is 0 Å². The van der Waals surface area contributed by atoms with Crippen LogP contribution >= 0.6 is 0 Å². The molecule has 19 heavy (non-hydrogen) atoms. The molecule has 1 N–H and O–H groups in total. The first-order valence-electron chi connectivity index (χ1n) is 6.85. The van der Waals surface area contributed by atoms with Gasteiger partial charge in [-0.3, -0.25) is 4.79 Å². The Labute approximate surface area is 113 Å². The highest BCUT2D eigenvalue weighted by Crippen LogP contribution is 2.30. The lowest BCUT2D eigenvalue weighted by atomic mass is 9.82. The lowest BCUT2D eigenvalue weighted by molar-refractivity contribution is -0.150. The summed E-state index contributed by atoms with van der Waals surface area (Å²) in [6.07, 6.45) is 4.45. The molecule has 0 radical (unpaired) electrons. The van der Waals surface area contributed by atoms with Gasteiger partial charge in [-0.2, -0.15) is 0 Å². The predicted octanol–water partition coefficient (Wildman–Crippen LogP) is 1.95. The van der Waals surface area contributed by atoms with Crippen molar-refractivity contribution in [2.75, 3.05) is 26.2 Å². The van der Waals surface area contributed by atoms with Gasteiger partial charge in [0.1, 0.15) is 0 Å². The summed E-state index contributed by atoms with van der Waals surface area (Å²) in [6, 6.07) is -0.0142. The minimum Gasteiger partial charge on any atom is -0.481 e. The number of aliphatic carboxylic acids is 1. The molecule has 0 aromatic carbocycles. The van der Waals surface area contributed by atoms with E-state index in [1.165, 1.54) is 5.57 Å². The summed E-state index contributed by atoms with van der Waals surface area (Å²) in [7, 11) is 0. The number of likely N-dealkylation sites (tertiary alicyclic amines) is 1. The topological polar surface area (TPSA) is 60.9 Å². The number of piperidine rings is 1. The van der Waals surface area contributed by atoms with Crippen LogP contribution in [0.2, 0.25) is 0 Å². The second kappa shape index (κ2) is 5.23. The van der Waals surface area contributed by atoms with Crippen molar-refractivity contribution in [3.8, 4) is 0 Å². The van der Waals surface area contributed by atoms with Crippen LogP contribution in [0.4, 0.5) is 4.79 Å². The van der Waals surface area contributed by atoms with E-state index in [9.17, 15) is 14.7 Å². The molecular weight excluding hydrogens is 244 g/mol. The summed E-state index contributed by atoms with van der Waals surface area (Å²) < 4.78 is 0. The van der Waals surface area contributed by atoms with Gasteiger partial charge in [-0.1, -0.05) is 11.6 Å². The van der Waals surface area contributed by atoms with Gasteiger partial charge in [0.2, 0.25) is 0 Å². The van der Waals surface area contributed by atoms with E-state index in [-0.39, 0.29) is 6.03 Å². The van der Waals surface area contributed by atoms with Crippen molar-refractivity contribution in [1.82, 2.24) is 9.80 Å². The number of hydrogen-bond donors (Lipinski definition) is 1. The maximum atomic E-state index is 12.4. The highest BCUT2D eigenvalue weighted by atomic mass is 16.4. The van der Waals surface area contributed by atoms with E-state index in [0.717, 1.165) is 19.4 Å².